The van der Waals surface area contributed by atoms with Crippen LogP contribution in [0.15, 0.2) is 76.1 Å². The summed E-state index contributed by atoms with van der Waals surface area (Å²) in [5.41, 5.74) is 1.63. The Morgan fingerprint density at radius 1 is 1.00 bits per heavy atom. The van der Waals surface area contributed by atoms with Gasteiger partial charge in [0.05, 0.1) is 10.6 Å². The molecule has 0 fully saturated rings. The predicted molar refractivity (Wildman–Crippen MR) is 150 cm³/mol. The minimum Gasteiger partial charge on any atom is -0.357 e. The third-order valence-electron chi connectivity index (χ3n) is 5.79. The van der Waals surface area contributed by atoms with E-state index in [2.05, 4.69) is 21.2 Å². The number of rotatable bonds is 9. The Kier molecular flexibility index (Phi) is 9.63. The number of hydrogen-bond donors (Lipinski definition) is 1. The lowest BCUT2D eigenvalue weighted by Gasteiger charge is -2.32. The number of nitrogens with zero attached hydrogens (tertiary/aromatic N) is 2. The van der Waals surface area contributed by atoms with Crippen LogP contribution >= 0.6 is 39.1 Å². The first-order valence-electron chi connectivity index (χ1n) is 11.2. The molecular formula is C26H26BrCl2N3O4S. The number of benzene rings is 3. The van der Waals surface area contributed by atoms with Crippen molar-refractivity contribution < 1.29 is 18.0 Å². The van der Waals surface area contributed by atoms with Crippen LogP contribution in [0.1, 0.15) is 18.1 Å². The molecule has 1 N–H and O–H groups in total. The van der Waals surface area contributed by atoms with Crippen molar-refractivity contribution in [3.63, 3.8) is 0 Å². The summed E-state index contributed by atoms with van der Waals surface area (Å²) in [5, 5.41) is 3.18. The minimum atomic E-state index is -4.14. The fourth-order valence-corrected chi connectivity index (χ4v) is 5.95. The van der Waals surface area contributed by atoms with Crippen LogP contribution in [0.4, 0.5) is 5.69 Å². The molecule has 3 rings (SSSR count). The zero-order chi connectivity index (χ0) is 27.3. The highest BCUT2D eigenvalue weighted by molar-refractivity contribution is 9.10. The standard InChI is InChI=1S/C26H26BrCl2N3O4S/c1-17-10-12-21(13-11-17)37(35,36)32(20-7-4-6-19(27)14-20)16-25(33)31(18(2)26(34)30-3)15-22-23(28)8-5-9-24(22)29/h4-14,18H,15-16H2,1-3H3,(H,30,34)/t18-/m0/s1. The van der Waals surface area contributed by atoms with Crippen LogP contribution in [-0.4, -0.2) is 44.8 Å². The number of hydrogen-bond acceptors (Lipinski definition) is 4. The molecule has 0 heterocycles. The van der Waals surface area contributed by atoms with Crippen molar-refractivity contribution in [1.29, 1.82) is 0 Å². The summed E-state index contributed by atoms with van der Waals surface area (Å²) < 4.78 is 29.2. The quantitative estimate of drug-likeness (QED) is 0.344. The fourth-order valence-electron chi connectivity index (χ4n) is 3.64. The average molecular weight is 627 g/mol. The molecule has 7 nitrogen and oxygen atoms in total. The first-order chi connectivity index (χ1) is 17.4. The molecule has 0 aliphatic heterocycles. The molecule has 196 valence electrons. The van der Waals surface area contributed by atoms with Crippen LogP contribution in [0.5, 0.6) is 0 Å². The van der Waals surface area contributed by atoms with Crippen molar-refractivity contribution in [2.75, 3.05) is 17.9 Å². The minimum absolute atomic E-state index is 0.0333. The van der Waals surface area contributed by atoms with Gasteiger partial charge < -0.3 is 10.2 Å². The average Bonchev–Trinajstić information content (AvgIpc) is 2.86. The highest BCUT2D eigenvalue weighted by Gasteiger charge is 2.33. The van der Waals surface area contributed by atoms with Gasteiger partial charge in [-0.1, -0.05) is 69.0 Å². The van der Waals surface area contributed by atoms with E-state index in [4.69, 9.17) is 23.2 Å². The summed E-state index contributed by atoms with van der Waals surface area (Å²) in [6.45, 7) is 2.75. The second kappa shape index (κ2) is 12.3. The Morgan fingerprint density at radius 2 is 1.59 bits per heavy atom. The maximum atomic E-state index is 13.8. The van der Waals surface area contributed by atoms with E-state index in [1.807, 2.05) is 6.92 Å². The fraction of sp³-hybridized carbons (Fsp3) is 0.231. The largest absolute Gasteiger partial charge is 0.357 e. The highest BCUT2D eigenvalue weighted by atomic mass is 79.9. The molecule has 3 aromatic rings. The number of anilines is 1. The van der Waals surface area contributed by atoms with Gasteiger partial charge in [-0.15, -0.1) is 0 Å². The second-order valence-electron chi connectivity index (χ2n) is 8.32. The Balaban J connectivity index is 2.07. The van der Waals surface area contributed by atoms with Crippen molar-refractivity contribution in [2.24, 2.45) is 0 Å². The Hall–Kier alpha value is -2.59. The summed E-state index contributed by atoms with van der Waals surface area (Å²) in [6, 6.07) is 17.0. The summed E-state index contributed by atoms with van der Waals surface area (Å²) in [5.74, 6) is -1.03. The molecule has 0 radical (unpaired) electrons. The van der Waals surface area contributed by atoms with Crippen LogP contribution in [0.2, 0.25) is 10.0 Å². The molecular weight excluding hydrogens is 601 g/mol. The molecule has 0 saturated carbocycles. The summed E-state index contributed by atoms with van der Waals surface area (Å²) in [7, 11) is -2.69. The Bertz CT molecular complexity index is 1380. The number of amides is 2. The number of carbonyl (C=O) groups excluding carboxylic acids is 2. The smallest absolute Gasteiger partial charge is 0.264 e. The highest BCUT2D eigenvalue weighted by Crippen LogP contribution is 2.29. The Labute approximate surface area is 235 Å². The molecule has 2 amide bonds. The van der Waals surface area contributed by atoms with Crippen LogP contribution in [0.3, 0.4) is 0 Å². The normalized spacial score (nSPS) is 12.1. The van der Waals surface area contributed by atoms with Gasteiger partial charge in [0.25, 0.3) is 10.0 Å². The van der Waals surface area contributed by atoms with Gasteiger partial charge in [-0.2, -0.15) is 0 Å². The number of likely N-dealkylation sites (N-methyl/N-ethyl adjacent to an activating group) is 1. The topological polar surface area (TPSA) is 86.8 Å². The maximum Gasteiger partial charge on any atom is 0.264 e. The van der Waals surface area contributed by atoms with Crippen molar-refractivity contribution >= 4 is 66.7 Å². The molecule has 1 atom stereocenters. The summed E-state index contributed by atoms with van der Waals surface area (Å²) in [4.78, 5) is 27.6. The van der Waals surface area contributed by atoms with Gasteiger partial charge in [0.15, 0.2) is 0 Å². The van der Waals surface area contributed by atoms with Crippen LogP contribution in [0, 0.1) is 6.92 Å². The molecule has 0 spiro atoms. The van der Waals surface area contributed by atoms with Gasteiger partial charge >= 0.3 is 0 Å². The lowest BCUT2D eigenvalue weighted by atomic mass is 10.1. The van der Waals surface area contributed by atoms with Gasteiger partial charge in [-0.05, 0) is 56.3 Å². The van der Waals surface area contributed by atoms with E-state index in [0.29, 0.717) is 20.1 Å². The van der Waals surface area contributed by atoms with Gasteiger partial charge in [0.2, 0.25) is 11.8 Å². The molecule has 0 unspecified atom stereocenters. The number of sulfonamides is 1. The van der Waals surface area contributed by atoms with E-state index >= 15 is 0 Å². The van der Waals surface area contributed by atoms with Gasteiger partial charge in [0, 0.05) is 33.7 Å². The van der Waals surface area contributed by atoms with E-state index in [9.17, 15) is 18.0 Å². The van der Waals surface area contributed by atoms with Crippen LogP contribution in [0.25, 0.3) is 0 Å². The number of halogens is 3. The van der Waals surface area contributed by atoms with E-state index in [1.165, 1.54) is 24.1 Å². The first kappa shape index (κ1) is 29.0. The molecule has 0 aliphatic rings. The predicted octanol–water partition coefficient (Wildman–Crippen LogP) is 5.42. The molecule has 3 aromatic carbocycles. The third kappa shape index (κ3) is 6.84. The SMILES string of the molecule is CNC(=O)[C@H](C)N(Cc1c(Cl)cccc1Cl)C(=O)CN(c1cccc(Br)c1)S(=O)(=O)c1ccc(C)cc1. The van der Waals surface area contributed by atoms with Crippen molar-refractivity contribution in [3.8, 4) is 0 Å². The van der Waals surface area contributed by atoms with E-state index in [-0.39, 0.29) is 17.1 Å². The Morgan fingerprint density at radius 3 is 2.16 bits per heavy atom. The molecule has 11 heteroatoms. The van der Waals surface area contributed by atoms with Gasteiger partial charge in [-0.25, -0.2) is 8.42 Å². The summed E-state index contributed by atoms with van der Waals surface area (Å²) >= 11 is 16.1. The number of carbonyl (C=O) groups is 2. The maximum absolute atomic E-state index is 13.8. The zero-order valence-electron chi connectivity index (χ0n) is 20.4. The van der Waals surface area contributed by atoms with E-state index < -0.39 is 34.4 Å². The molecule has 0 saturated heterocycles. The molecule has 0 bridgehead atoms. The third-order valence-corrected chi connectivity index (χ3v) is 8.78. The molecule has 37 heavy (non-hydrogen) atoms. The first-order valence-corrected chi connectivity index (χ1v) is 14.2. The molecule has 0 aliphatic carbocycles. The van der Waals surface area contributed by atoms with Crippen molar-refractivity contribution in [2.45, 2.75) is 31.3 Å². The van der Waals surface area contributed by atoms with Gasteiger partial charge in [0.1, 0.15) is 12.6 Å². The lowest BCUT2D eigenvalue weighted by molar-refractivity contribution is -0.139. The van der Waals surface area contributed by atoms with Crippen molar-refractivity contribution in [1.82, 2.24) is 10.2 Å². The monoisotopic (exact) mass is 625 g/mol. The number of nitrogens with one attached hydrogen (secondary N) is 1. The van der Waals surface area contributed by atoms with E-state index in [0.717, 1.165) is 9.87 Å². The van der Waals surface area contributed by atoms with Gasteiger partial charge in [-0.3, -0.25) is 13.9 Å². The summed E-state index contributed by atoms with van der Waals surface area (Å²) in [6.07, 6.45) is 0. The number of aryl methyl sites for hydroxylation is 1. The lowest BCUT2D eigenvalue weighted by Crippen LogP contribution is -2.50. The van der Waals surface area contributed by atoms with Crippen molar-refractivity contribution in [3.05, 3.63) is 92.4 Å². The van der Waals surface area contributed by atoms with Crippen LogP contribution in [-0.2, 0) is 26.2 Å². The molecule has 0 aromatic heterocycles. The van der Waals surface area contributed by atoms with E-state index in [1.54, 1.807) is 61.5 Å². The second-order valence-corrected chi connectivity index (χ2v) is 11.9. The van der Waals surface area contributed by atoms with Crippen LogP contribution < -0.4 is 9.62 Å². The zero-order valence-corrected chi connectivity index (χ0v) is 24.3.